The van der Waals surface area contributed by atoms with E-state index in [1.54, 1.807) is 29.2 Å². The summed E-state index contributed by atoms with van der Waals surface area (Å²) in [6, 6.07) is 6.77. The third-order valence-electron chi connectivity index (χ3n) is 4.47. The summed E-state index contributed by atoms with van der Waals surface area (Å²) in [6.07, 6.45) is 1.04. The maximum atomic E-state index is 12.4. The van der Waals surface area contributed by atoms with Gasteiger partial charge in [0.2, 0.25) is 11.8 Å². The van der Waals surface area contributed by atoms with Crippen LogP contribution in [0.5, 0.6) is 0 Å². The summed E-state index contributed by atoms with van der Waals surface area (Å²) in [5.74, 6) is -0.483. The van der Waals surface area contributed by atoms with Gasteiger partial charge < -0.3 is 15.3 Å². The van der Waals surface area contributed by atoms with E-state index in [1.807, 2.05) is 13.8 Å². The number of carbonyl (C=O) groups excluding carboxylic acids is 2. The molecule has 2 rings (SSSR count). The Bertz CT molecular complexity index is 579. The van der Waals surface area contributed by atoms with Crippen molar-refractivity contribution in [3.05, 3.63) is 29.3 Å². The first kappa shape index (κ1) is 17.8. The predicted octanol–water partition coefficient (Wildman–Crippen LogP) is 2.22. The van der Waals surface area contributed by atoms with Crippen LogP contribution >= 0.6 is 11.6 Å². The zero-order chi connectivity index (χ0) is 17.0. The number of benzene rings is 1. The zero-order valence-corrected chi connectivity index (χ0v) is 14.2. The highest BCUT2D eigenvalue weighted by Gasteiger charge is 2.36. The monoisotopic (exact) mass is 338 g/mol. The van der Waals surface area contributed by atoms with Crippen molar-refractivity contribution in [2.75, 3.05) is 18.1 Å². The summed E-state index contributed by atoms with van der Waals surface area (Å²) in [5.41, 5.74) is 0.707. The molecule has 2 N–H and O–H groups in total. The molecule has 0 aromatic heterocycles. The van der Waals surface area contributed by atoms with Gasteiger partial charge in [0.1, 0.15) is 0 Å². The largest absolute Gasteiger partial charge is 0.394 e. The van der Waals surface area contributed by atoms with Crippen molar-refractivity contribution in [3.63, 3.8) is 0 Å². The molecule has 0 radical (unpaired) electrons. The molecular formula is C17H23ClN2O3. The van der Waals surface area contributed by atoms with Gasteiger partial charge in [0.15, 0.2) is 0 Å². The molecule has 23 heavy (non-hydrogen) atoms. The molecule has 1 aliphatic rings. The predicted molar refractivity (Wildman–Crippen MR) is 90.4 cm³/mol. The lowest BCUT2D eigenvalue weighted by molar-refractivity contribution is -0.127. The Morgan fingerprint density at radius 3 is 2.87 bits per heavy atom. The molecule has 126 valence electrons. The van der Waals surface area contributed by atoms with Gasteiger partial charge in [0.05, 0.1) is 18.6 Å². The van der Waals surface area contributed by atoms with E-state index in [-0.39, 0.29) is 36.8 Å². The Morgan fingerprint density at radius 2 is 2.26 bits per heavy atom. The van der Waals surface area contributed by atoms with Crippen molar-refractivity contribution in [3.8, 4) is 0 Å². The number of aliphatic hydroxyl groups is 1. The highest BCUT2D eigenvalue weighted by molar-refractivity contribution is 6.30. The second-order valence-corrected chi connectivity index (χ2v) is 6.50. The van der Waals surface area contributed by atoms with Crippen molar-refractivity contribution in [2.24, 2.45) is 11.8 Å². The van der Waals surface area contributed by atoms with Crippen molar-refractivity contribution < 1.29 is 14.7 Å². The summed E-state index contributed by atoms with van der Waals surface area (Å²) >= 11 is 5.96. The number of nitrogens with zero attached hydrogens (tertiary/aromatic N) is 1. The van der Waals surface area contributed by atoms with E-state index >= 15 is 0 Å². The molecule has 1 heterocycles. The number of carbonyl (C=O) groups is 2. The number of amides is 2. The number of hydrogen-bond donors (Lipinski definition) is 2. The molecule has 1 saturated heterocycles. The van der Waals surface area contributed by atoms with E-state index in [1.165, 1.54) is 0 Å². The van der Waals surface area contributed by atoms with Crippen molar-refractivity contribution in [1.29, 1.82) is 0 Å². The van der Waals surface area contributed by atoms with Gasteiger partial charge in [0.25, 0.3) is 0 Å². The van der Waals surface area contributed by atoms with Crippen LogP contribution in [0.25, 0.3) is 0 Å². The Balaban J connectivity index is 2.03. The van der Waals surface area contributed by atoms with Crippen LogP contribution in [0.4, 0.5) is 5.69 Å². The smallest absolute Gasteiger partial charge is 0.227 e. The van der Waals surface area contributed by atoms with Crippen LogP contribution in [-0.2, 0) is 9.59 Å². The first-order chi connectivity index (χ1) is 11.0. The molecular weight excluding hydrogens is 316 g/mol. The van der Waals surface area contributed by atoms with Crippen LogP contribution in [-0.4, -0.2) is 36.1 Å². The van der Waals surface area contributed by atoms with Crippen LogP contribution < -0.4 is 10.2 Å². The van der Waals surface area contributed by atoms with E-state index in [0.29, 0.717) is 17.3 Å². The molecule has 1 fully saturated rings. The second-order valence-electron chi connectivity index (χ2n) is 6.07. The minimum Gasteiger partial charge on any atom is -0.394 e. The Hall–Kier alpha value is -1.59. The van der Waals surface area contributed by atoms with E-state index in [4.69, 9.17) is 11.6 Å². The molecule has 6 heteroatoms. The van der Waals surface area contributed by atoms with Crippen molar-refractivity contribution in [2.45, 2.75) is 32.7 Å². The maximum absolute atomic E-state index is 12.4. The fourth-order valence-corrected chi connectivity index (χ4v) is 2.91. The molecule has 3 unspecified atom stereocenters. The summed E-state index contributed by atoms with van der Waals surface area (Å²) in [7, 11) is 0. The first-order valence-electron chi connectivity index (χ1n) is 7.93. The molecule has 1 aliphatic heterocycles. The van der Waals surface area contributed by atoms with E-state index < -0.39 is 5.92 Å². The molecule has 3 atom stereocenters. The molecule has 5 nitrogen and oxygen atoms in total. The van der Waals surface area contributed by atoms with Gasteiger partial charge in [-0.05, 0) is 24.1 Å². The standard InChI is InChI=1S/C17H23ClN2O3/c1-3-11(2)15(10-21)19-17(23)12-7-16(22)20(9-12)14-6-4-5-13(18)8-14/h4-6,8,11-12,15,21H,3,7,9-10H2,1-2H3,(H,19,23). The summed E-state index contributed by atoms with van der Waals surface area (Å²) in [6.45, 7) is 4.24. The first-order valence-corrected chi connectivity index (χ1v) is 8.31. The van der Waals surface area contributed by atoms with Crippen LogP contribution in [0.1, 0.15) is 26.7 Å². The average Bonchev–Trinajstić information content (AvgIpc) is 2.93. The highest BCUT2D eigenvalue weighted by Crippen LogP contribution is 2.27. The summed E-state index contributed by atoms with van der Waals surface area (Å²) in [5, 5.41) is 12.9. The zero-order valence-electron chi connectivity index (χ0n) is 13.5. The molecule has 1 aromatic carbocycles. The molecule has 0 saturated carbocycles. The normalized spacial score (nSPS) is 20.4. The van der Waals surface area contributed by atoms with Crippen LogP contribution in [0.3, 0.4) is 0 Å². The van der Waals surface area contributed by atoms with Gasteiger partial charge in [0, 0.05) is 23.7 Å². The topological polar surface area (TPSA) is 69.6 Å². The lowest BCUT2D eigenvalue weighted by Gasteiger charge is -2.24. The Labute approximate surface area is 141 Å². The van der Waals surface area contributed by atoms with Crippen LogP contribution in [0, 0.1) is 11.8 Å². The highest BCUT2D eigenvalue weighted by atomic mass is 35.5. The number of anilines is 1. The van der Waals surface area contributed by atoms with Crippen LogP contribution in [0.2, 0.25) is 5.02 Å². The van der Waals surface area contributed by atoms with Gasteiger partial charge in [-0.15, -0.1) is 0 Å². The Morgan fingerprint density at radius 1 is 1.52 bits per heavy atom. The maximum Gasteiger partial charge on any atom is 0.227 e. The quantitative estimate of drug-likeness (QED) is 0.835. The van der Waals surface area contributed by atoms with E-state index in [0.717, 1.165) is 6.42 Å². The van der Waals surface area contributed by atoms with Crippen molar-refractivity contribution in [1.82, 2.24) is 5.32 Å². The fraction of sp³-hybridized carbons (Fsp3) is 0.529. The molecule has 0 spiro atoms. The van der Waals surface area contributed by atoms with E-state index in [9.17, 15) is 14.7 Å². The fourth-order valence-electron chi connectivity index (χ4n) is 2.73. The van der Waals surface area contributed by atoms with Crippen LogP contribution in [0.15, 0.2) is 24.3 Å². The Kier molecular flexibility index (Phi) is 6.02. The average molecular weight is 339 g/mol. The number of hydrogen-bond acceptors (Lipinski definition) is 3. The SMILES string of the molecule is CCC(C)C(CO)NC(=O)C1CC(=O)N(c2cccc(Cl)c2)C1. The lowest BCUT2D eigenvalue weighted by Crippen LogP contribution is -2.45. The van der Waals surface area contributed by atoms with Gasteiger partial charge in [-0.3, -0.25) is 9.59 Å². The van der Waals surface area contributed by atoms with Gasteiger partial charge in [-0.1, -0.05) is 37.9 Å². The number of nitrogens with one attached hydrogen (secondary N) is 1. The van der Waals surface area contributed by atoms with E-state index in [2.05, 4.69) is 5.32 Å². The molecule has 0 aliphatic carbocycles. The number of aliphatic hydroxyl groups excluding tert-OH is 1. The van der Waals surface area contributed by atoms with Gasteiger partial charge >= 0.3 is 0 Å². The second kappa shape index (κ2) is 7.79. The minimum absolute atomic E-state index is 0.0866. The lowest BCUT2D eigenvalue weighted by atomic mass is 9.98. The van der Waals surface area contributed by atoms with Crippen molar-refractivity contribution >= 4 is 29.1 Å². The number of halogens is 1. The van der Waals surface area contributed by atoms with Gasteiger partial charge in [-0.25, -0.2) is 0 Å². The molecule has 2 amide bonds. The molecule has 1 aromatic rings. The summed E-state index contributed by atoms with van der Waals surface area (Å²) < 4.78 is 0. The number of rotatable bonds is 6. The van der Waals surface area contributed by atoms with Gasteiger partial charge in [-0.2, -0.15) is 0 Å². The third kappa shape index (κ3) is 4.24. The third-order valence-corrected chi connectivity index (χ3v) is 4.71. The summed E-state index contributed by atoms with van der Waals surface area (Å²) in [4.78, 5) is 26.2. The minimum atomic E-state index is -0.403. The molecule has 0 bridgehead atoms.